The Hall–Kier alpha value is -2.15. The number of aliphatic hydroxyl groups is 2. The van der Waals surface area contributed by atoms with E-state index in [1.54, 1.807) is 12.3 Å². The number of anilines is 2. The first-order valence-electron chi connectivity index (χ1n) is 15.7. The molecule has 12 unspecified atom stereocenters. The van der Waals surface area contributed by atoms with Crippen molar-refractivity contribution in [1.29, 1.82) is 0 Å². The van der Waals surface area contributed by atoms with Gasteiger partial charge in [0.1, 0.15) is 54.3 Å². The summed E-state index contributed by atoms with van der Waals surface area (Å²) in [4.78, 5) is 101. The lowest BCUT2D eigenvalue weighted by molar-refractivity contribution is -0.251. The molecule has 6 rings (SSSR count). The maximum atomic E-state index is 11.6. The monoisotopic (exact) mass is 992 g/mol. The van der Waals surface area contributed by atoms with Gasteiger partial charge in [0.2, 0.25) is 0 Å². The number of nitrogens with zero attached hydrogens (tertiary/aromatic N) is 7. The van der Waals surface area contributed by atoms with E-state index in [4.69, 9.17) is 35.3 Å². The van der Waals surface area contributed by atoms with Crippen LogP contribution in [0.25, 0.3) is 22.2 Å². The van der Waals surface area contributed by atoms with Gasteiger partial charge in [0.05, 0.1) is 37.1 Å². The highest BCUT2D eigenvalue weighted by Gasteiger charge is 2.39. The molecule has 2 aliphatic heterocycles. The Bertz CT molecular complexity index is 2320. The quantitative estimate of drug-likeness (QED) is 0.0532. The number of nitrogen functional groups attached to an aromatic ring is 2. The van der Waals surface area contributed by atoms with E-state index >= 15 is 0 Å². The van der Waals surface area contributed by atoms with E-state index < -0.39 is 95.9 Å². The number of imidazole rings is 1. The third-order valence-electron chi connectivity index (χ3n) is 7.56. The Labute approximate surface area is 338 Å². The summed E-state index contributed by atoms with van der Waals surface area (Å²) in [6.45, 7) is -6.08. The molecular weight excluding hydrogens is 964 g/mol. The summed E-state index contributed by atoms with van der Waals surface area (Å²) in [5, 5.41) is 20.8. The number of phosphoric acid groups is 5. The van der Waals surface area contributed by atoms with E-state index in [1.807, 2.05) is 0 Å². The summed E-state index contributed by atoms with van der Waals surface area (Å²) in [5.74, 6) is 0.362. The van der Waals surface area contributed by atoms with Crippen molar-refractivity contribution in [3.8, 4) is 0 Å². The summed E-state index contributed by atoms with van der Waals surface area (Å²) < 4.78 is 92.2. The van der Waals surface area contributed by atoms with E-state index in [2.05, 4.69) is 58.5 Å². The minimum absolute atomic E-state index is 0.00122. The molecule has 0 amide bonds. The predicted molar refractivity (Wildman–Crippen MR) is 186 cm³/mol. The van der Waals surface area contributed by atoms with E-state index in [0.29, 0.717) is 22.2 Å². The molecule has 0 bridgehead atoms. The molecule has 6 heterocycles. The van der Waals surface area contributed by atoms with Crippen molar-refractivity contribution < 1.29 is 108 Å². The van der Waals surface area contributed by atoms with Crippen molar-refractivity contribution in [2.75, 3.05) is 24.7 Å². The average Bonchev–Trinajstić information content (AvgIpc) is 3.85. The van der Waals surface area contributed by atoms with Crippen LogP contribution in [-0.2, 0) is 70.4 Å². The Kier molecular flexibility index (Phi) is 15.1. The summed E-state index contributed by atoms with van der Waals surface area (Å²) in [6.07, 6.45) is -0.785. The number of hydrogen-bond donors (Lipinski definition) is 7. The fourth-order valence-corrected chi connectivity index (χ4v) is 12.0. The predicted octanol–water partition coefficient (Wildman–Crippen LogP) is -3.64. The van der Waals surface area contributed by atoms with Gasteiger partial charge in [0, 0.05) is 19.0 Å². The molecule has 336 valence electrons. The highest BCUT2D eigenvalue weighted by atomic mass is 32.5. The molecular formula is C21H28N9O23P6S-5. The lowest BCUT2D eigenvalue weighted by Crippen LogP contribution is -2.27. The fraction of sp³-hybridized carbons (Fsp3) is 0.476. The zero-order valence-electron chi connectivity index (χ0n) is 29.1. The molecule has 0 spiro atoms. The Morgan fingerprint density at radius 1 is 0.700 bits per heavy atom. The van der Waals surface area contributed by atoms with Crippen molar-refractivity contribution in [2.24, 2.45) is 0 Å². The van der Waals surface area contributed by atoms with Gasteiger partial charge in [-0.05, 0) is 17.9 Å². The fourth-order valence-electron chi connectivity index (χ4n) is 5.29. The molecule has 0 aliphatic carbocycles. The van der Waals surface area contributed by atoms with E-state index in [9.17, 15) is 62.4 Å². The van der Waals surface area contributed by atoms with Crippen molar-refractivity contribution in [1.82, 2.24) is 34.1 Å². The van der Waals surface area contributed by atoms with Gasteiger partial charge in [-0.3, -0.25) is 27.4 Å². The van der Waals surface area contributed by atoms with Gasteiger partial charge in [-0.25, -0.2) is 42.2 Å². The van der Waals surface area contributed by atoms with Gasteiger partial charge >= 0.3 is 6.72 Å². The molecule has 2 fully saturated rings. The normalized spacial score (nSPS) is 28.1. The maximum absolute atomic E-state index is 11.6. The van der Waals surface area contributed by atoms with E-state index in [1.165, 1.54) is 28.1 Å². The second kappa shape index (κ2) is 18.5. The number of ether oxygens (including phenoxy) is 2. The second-order valence-corrected chi connectivity index (χ2v) is 21.8. The molecule has 9 N–H and O–H groups in total. The van der Waals surface area contributed by atoms with E-state index in [0.717, 1.165) is 0 Å². The van der Waals surface area contributed by atoms with Crippen molar-refractivity contribution in [3.05, 3.63) is 31.2 Å². The number of fused-ring (bicyclic) bond motifs is 2. The Balaban J connectivity index is 0.000000228. The van der Waals surface area contributed by atoms with Crippen LogP contribution in [0.3, 0.4) is 0 Å². The number of rotatable bonds is 16. The van der Waals surface area contributed by atoms with Crippen LogP contribution in [0.1, 0.15) is 25.3 Å². The van der Waals surface area contributed by atoms with Crippen LogP contribution < -0.4 is 35.9 Å². The number of phosphoric ester groups is 1. The summed E-state index contributed by atoms with van der Waals surface area (Å²) in [7, 11) is -29.0. The molecule has 4 aromatic heterocycles. The molecule has 60 heavy (non-hydrogen) atoms. The highest BCUT2D eigenvalue weighted by molar-refractivity contribution is 8.08. The molecule has 0 saturated carbocycles. The van der Waals surface area contributed by atoms with Gasteiger partial charge < -0.3 is 83.9 Å². The lowest BCUT2D eigenvalue weighted by atomic mass is 10.2. The maximum Gasteiger partial charge on any atom is 0.331 e. The average molecular weight is 992 g/mol. The lowest BCUT2D eigenvalue weighted by Gasteiger charge is -2.33. The first-order valence-corrected chi connectivity index (χ1v) is 25.6. The number of hydrogen-bond acceptors (Lipinski definition) is 28. The molecule has 2 aliphatic rings. The van der Waals surface area contributed by atoms with Crippen LogP contribution in [0.5, 0.6) is 0 Å². The number of aromatic nitrogens is 7. The van der Waals surface area contributed by atoms with E-state index in [-0.39, 0.29) is 24.5 Å². The zero-order chi connectivity index (χ0) is 44.6. The first kappa shape index (κ1) is 48.9. The van der Waals surface area contributed by atoms with Crippen LogP contribution in [-0.4, -0.2) is 96.6 Å². The summed E-state index contributed by atoms with van der Waals surface area (Å²) in [5.41, 5.74) is 12.5. The number of nitrogens with two attached hydrogens (primary N) is 2. The van der Waals surface area contributed by atoms with Crippen LogP contribution in [0, 0.1) is 0 Å². The van der Waals surface area contributed by atoms with Crippen molar-refractivity contribution in [3.63, 3.8) is 0 Å². The molecule has 4 aromatic rings. The molecule has 39 heteroatoms. The third-order valence-corrected chi connectivity index (χ3v) is 15.9. The van der Waals surface area contributed by atoms with Gasteiger partial charge in [0.25, 0.3) is 39.1 Å². The molecule has 0 radical (unpaired) electrons. The van der Waals surface area contributed by atoms with Gasteiger partial charge in [-0.2, -0.15) is 0 Å². The molecule has 32 nitrogen and oxygen atoms in total. The first-order chi connectivity index (χ1) is 27.5. The Morgan fingerprint density at radius 2 is 1.20 bits per heavy atom. The van der Waals surface area contributed by atoms with Gasteiger partial charge in [0.15, 0.2) is 11.5 Å². The van der Waals surface area contributed by atoms with Gasteiger partial charge in [-0.15, -0.1) is 0 Å². The van der Waals surface area contributed by atoms with Crippen LogP contribution in [0.2, 0.25) is 0 Å². The topological polar surface area (TPSA) is 502 Å². The largest absolute Gasteiger partial charge is 0.756 e. The zero-order valence-corrected chi connectivity index (χ0v) is 35.3. The van der Waals surface area contributed by atoms with Gasteiger partial charge in [-0.1, -0.05) is 0 Å². The Morgan fingerprint density at radius 3 is 1.77 bits per heavy atom. The highest BCUT2D eigenvalue weighted by Crippen LogP contribution is 2.64. The minimum Gasteiger partial charge on any atom is -0.756 e. The number of aliphatic hydroxyl groups excluding tert-OH is 2. The molecule has 2 saturated heterocycles. The standard InChI is InChI=1S/C11H17N4O12P3.C10H16N5O11P3S/c12-10-6-1-2-15(11(6)14-5-13-10)9-3-7(16)8(25-9)4-24-29(20,21)27-30(22,23)26-28(17,18)19;11-9-8-10(13-3-12-9)15(4-14-8)7-1-5(16)6(24-7)2-23-29(22,30)26-28(20,21)25-27(17,18)19/h1-2,5,7-9,16H,3-4H2,(H,20,21)(H,22,23)(H2,12,13,14)(H2,17,18,19);3-7,16H,1-2H2,(H,20,21)(H,22,30)(H2,11,12,13)(H2,17,18,19)/p-5. The third kappa shape index (κ3) is 13.4. The van der Waals surface area contributed by atoms with Crippen molar-refractivity contribution in [2.45, 2.75) is 49.7 Å². The summed E-state index contributed by atoms with van der Waals surface area (Å²) in [6, 6.07) is 1.62. The van der Waals surface area contributed by atoms with Crippen LogP contribution in [0.4, 0.5) is 11.6 Å². The van der Waals surface area contributed by atoms with Crippen molar-refractivity contribution >= 4 is 91.5 Å². The molecule has 12 atom stereocenters. The molecule has 0 aromatic carbocycles. The SMILES string of the molecule is Nc1ncnc2c1ccn2C1CC(O)C(COP(=O)([O-])OP(=O)([O-])OP(=O)([O-])O)O1.Nc1ncnc2c1ncn2C1CC(O)C(COP(O)(=S)OP(=O)([O-])OP(=O)([O-])O)O1. The summed E-state index contributed by atoms with van der Waals surface area (Å²) >= 11 is 4.45. The van der Waals surface area contributed by atoms with Crippen LogP contribution >= 0.6 is 45.8 Å². The minimum atomic E-state index is -6.01. The second-order valence-electron chi connectivity index (χ2n) is 11.8. The van der Waals surface area contributed by atoms with Crippen LogP contribution in [0.15, 0.2) is 31.2 Å². The smallest absolute Gasteiger partial charge is 0.331 e.